The maximum Gasteiger partial charge on any atom is 0.113 e. The Kier molecular flexibility index (Phi) is 8.27. The molecule has 4 rings (SSSR count). The van der Waals surface area contributed by atoms with Gasteiger partial charge in [-0.05, 0) is 114 Å². The van der Waals surface area contributed by atoms with E-state index in [0.717, 1.165) is 36.6 Å². The molecular weight excluding hydrogens is 422 g/mol. The second-order valence-electron chi connectivity index (χ2n) is 11.7. The van der Waals surface area contributed by atoms with Gasteiger partial charge in [0.25, 0.3) is 0 Å². The molecule has 6 heteroatoms. The smallest absolute Gasteiger partial charge is 0.113 e. The van der Waals surface area contributed by atoms with Gasteiger partial charge < -0.3 is 20.4 Å². The molecule has 4 N–H and O–H groups in total. The van der Waals surface area contributed by atoms with Crippen molar-refractivity contribution in [3.05, 3.63) is 46.5 Å². The molecule has 182 valence electrons. The maximum atomic E-state index is 9.10. The van der Waals surface area contributed by atoms with E-state index in [1.807, 2.05) is 0 Å². The lowest BCUT2D eigenvalue weighted by Gasteiger charge is -2.31. The molecule has 0 unspecified atom stereocenters. The zero-order chi connectivity index (χ0) is 26.3. The molecule has 4 radical (unpaired) electrons. The molecule has 0 heterocycles. The van der Waals surface area contributed by atoms with E-state index in [0.29, 0.717) is 0 Å². The van der Waals surface area contributed by atoms with Crippen molar-refractivity contribution >= 4 is 26.6 Å². The molecule has 34 heavy (non-hydrogen) atoms. The lowest BCUT2D eigenvalue weighted by Crippen LogP contribution is -2.44. The lowest BCUT2D eigenvalue weighted by molar-refractivity contribution is -0.107. The number of benzene rings is 2. The minimum absolute atomic E-state index is 0.908. The predicted octanol–water partition coefficient (Wildman–Crippen LogP) is 2.19. The topological polar surface area (TPSA) is 80.9 Å². The van der Waals surface area contributed by atoms with Crippen LogP contribution in [0.4, 0.5) is 0 Å². The van der Waals surface area contributed by atoms with Gasteiger partial charge in [0.15, 0.2) is 0 Å². The molecule has 2 aliphatic rings. The van der Waals surface area contributed by atoms with Gasteiger partial charge in [0.05, 0.1) is 22.4 Å². The Morgan fingerprint density at radius 3 is 0.794 bits per heavy atom. The van der Waals surface area contributed by atoms with Crippen molar-refractivity contribution in [2.45, 2.75) is 103 Å². The Balaban J connectivity index is 0.000000216. The molecule has 0 bridgehead atoms. The average molecular weight is 462 g/mol. The van der Waals surface area contributed by atoms with E-state index >= 15 is 0 Å². The maximum absolute atomic E-state index is 9.10. The quantitative estimate of drug-likeness (QED) is 0.517. The van der Waals surface area contributed by atoms with Crippen molar-refractivity contribution in [2.75, 3.05) is 0 Å². The van der Waals surface area contributed by atoms with Crippen molar-refractivity contribution in [1.29, 1.82) is 0 Å². The molecule has 2 aromatic rings. The summed E-state index contributed by atoms with van der Waals surface area (Å²) < 4.78 is 0. The van der Waals surface area contributed by atoms with Crippen LogP contribution in [0, 0.1) is 0 Å². The highest BCUT2D eigenvalue weighted by molar-refractivity contribution is 6.33. The Morgan fingerprint density at radius 2 is 0.647 bits per heavy atom. The lowest BCUT2D eigenvalue weighted by atomic mass is 9.72. The van der Waals surface area contributed by atoms with Crippen LogP contribution in [0.25, 0.3) is 11.1 Å². The van der Waals surface area contributed by atoms with Gasteiger partial charge in [-0.3, -0.25) is 0 Å². The van der Waals surface area contributed by atoms with E-state index in [1.165, 1.54) is 33.4 Å². The summed E-state index contributed by atoms with van der Waals surface area (Å²) in [6, 6.07) is 8.58. The van der Waals surface area contributed by atoms with Gasteiger partial charge in [0.1, 0.15) is 15.7 Å². The molecule has 0 spiro atoms. The SMILES string of the molecule is CC(C)(O)C(C)(C)O.CC(C)(O)C(C)(C)O.[B]c1cc2c3c(c1)CCc1cc([B])cc(c1-3)CC2. The van der Waals surface area contributed by atoms with E-state index in [-0.39, 0.29) is 0 Å². The molecule has 0 amide bonds. The monoisotopic (exact) mass is 462 g/mol. The van der Waals surface area contributed by atoms with Gasteiger partial charge in [-0.25, -0.2) is 0 Å². The van der Waals surface area contributed by atoms with Crippen molar-refractivity contribution in [2.24, 2.45) is 0 Å². The van der Waals surface area contributed by atoms with E-state index in [9.17, 15) is 0 Å². The normalized spacial score (nSPS) is 14.8. The summed E-state index contributed by atoms with van der Waals surface area (Å²) in [6.07, 6.45) is 4.35. The van der Waals surface area contributed by atoms with Crippen LogP contribution in [0.2, 0.25) is 0 Å². The average Bonchev–Trinajstić information content (AvgIpc) is 2.63. The Labute approximate surface area is 208 Å². The van der Waals surface area contributed by atoms with Gasteiger partial charge in [-0.15, -0.1) is 0 Å². The minimum Gasteiger partial charge on any atom is -0.387 e. The second kappa shape index (κ2) is 9.81. The predicted molar refractivity (Wildman–Crippen MR) is 143 cm³/mol. The van der Waals surface area contributed by atoms with Crippen LogP contribution in [-0.4, -0.2) is 58.5 Å². The zero-order valence-electron chi connectivity index (χ0n) is 22.1. The first-order valence-corrected chi connectivity index (χ1v) is 11.9. The molecule has 2 aromatic carbocycles. The number of hydrogen-bond donors (Lipinski definition) is 4. The molecular formula is C28H40B2O4. The number of hydrogen-bond acceptors (Lipinski definition) is 4. The third-order valence-electron chi connectivity index (χ3n) is 7.22. The van der Waals surface area contributed by atoms with Gasteiger partial charge in [0, 0.05) is 0 Å². The van der Waals surface area contributed by atoms with Crippen molar-refractivity contribution in [3.8, 4) is 11.1 Å². The summed E-state index contributed by atoms with van der Waals surface area (Å²) in [4.78, 5) is 0. The van der Waals surface area contributed by atoms with Gasteiger partial charge in [0.2, 0.25) is 0 Å². The van der Waals surface area contributed by atoms with Crippen LogP contribution in [-0.2, 0) is 25.7 Å². The number of aryl methyl sites for hydroxylation is 4. The van der Waals surface area contributed by atoms with Gasteiger partial charge >= 0.3 is 0 Å². The molecule has 2 aliphatic carbocycles. The fourth-order valence-corrected chi connectivity index (χ4v) is 3.56. The fraction of sp³-hybridized carbons (Fsp3) is 0.571. The van der Waals surface area contributed by atoms with Crippen molar-refractivity contribution in [1.82, 2.24) is 0 Å². The Hall–Kier alpha value is -1.59. The molecule has 0 atom stereocenters. The summed E-state index contributed by atoms with van der Waals surface area (Å²) in [6.45, 7) is 12.6. The summed E-state index contributed by atoms with van der Waals surface area (Å²) >= 11 is 0. The van der Waals surface area contributed by atoms with Gasteiger partial charge in [-0.2, -0.15) is 0 Å². The van der Waals surface area contributed by atoms with Crippen molar-refractivity contribution < 1.29 is 20.4 Å². The van der Waals surface area contributed by atoms with E-state index in [2.05, 4.69) is 24.3 Å². The molecule has 0 saturated carbocycles. The van der Waals surface area contributed by atoms with Crippen LogP contribution in [0.3, 0.4) is 0 Å². The fourth-order valence-electron chi connectivity index (χ4n) is 3.56. The van der Waals surface area contributed by atoms with Crippen LogP contribution >= 0.6 is 0 Å². The van der Waals surface area contributed by atoms with Crippen LogP contribution in [0.1, 0.15) is 77.6 Å². The summed E-state index contributed by atoms with van der Waals surface area (Å²) in [5, 5.41) is 36.4. The largest absolute Gasteiger partial charge is 0.387 e. The van der Waals surface area contributed by atoms with Gasteiger partial charge in [-0.1, -0.05) is 35.2 Å². The second-order valence-corrected chi connectivity index (χ2v) is 11.7. The minimum atomic E-state index is -1.01. The Bertz CT molecular complexity index is 859. The third-order valence-corrected chi connectivity index (χ3v) is 7.22. The molecule has 4 nitrogen and oxygen atoms in total. The molecule has 0 aromatic heterocycles. The van der Waals surface area contributed by atoms with E-state index in [4.69, 9.17) is 36.1 Å². The van der Waals surface area contributed by atoms with E-state index in [1.54, 1.807) is 55.4 Å². The summed E-state index contributed by atoms with van der Waals surface area (Å²) in [5.74, 6) is 0. The first-order valence-electron chi connectivity index (χ1n) is 11.9. The summed E-state index contributed by atoms with van der Waals surface area (Å²) in [5.41, 5.74) is 6.37. The molecule has 0 fully saturated rings. The van der Waals surface area contributed by atoms with Crippen molar-refractivity contribution in [3.63, 3.8) is 0 Å². The third kappa shape index (κ3) is 6.75. The highest BCUT2D eigenvalue weighted by Gasteiger charge is 2.32. The van der Waals surface area contributed by atoms with Crippen LogP contribution in [0.15, 0.2) is 24.3 Å². The zero-order valence-corrected chi connectivity index (χ0v) is 22.1. The first-order chi connectivity index (χ1) is 15.2. The standard InChI is InChI=1S/C16H12B2.2C6H14O2/c17-13-5-9-1-2-10-6-14(18)8-12-4-3-11(7-13)15(9)16(10)12;2*1-5(2,7)6(3,4)8/h5-8H,1-4H2;2*7-8H,1-4H3. The van der Waals surface area contributed by atoms with Crippen LogP contribution < -0.4 is 10.9 Å². The Morgan fingerprint density at radius 1 is 0.471 bits per heavy atom. The van der Waals surface area contributed by atoms with E-state index < -0.39 is 22.4 Å². The van der Waals surface area contributed by atoms with Crippen LogP contribution in [0.5, 0.6) is 0 Å². The molecule has 0 saturated heterocycles. The first kappa shape index (κ1) is 28.6. The number of aliphatic hydroxyl groups is 4. The number of rotatable bonds is 2. The molecule has 0 aliphatic heterocycles. The highest BCUT2D eigenvalue weighted by atomic mass is 16.4. The summed E-state index contributed by atoms with van der Waals surface area (Å²) in [7, 11) is 12.0. The highest BCUT2D eigenvalue weighted by Crippen LogP contribution is 2.41.